The molecule has 6 aromatic carbocycles. The molecule has 6 unspecified atom stereocenters. The van der Waals surface area contributed by atoms with E-state index in [0.717, 1.165) is 11.5 Å². The summed E-state index contributed by atoms with van der Waals surface area (Å²) in [5, 5.41) is 10.8. The zero-order valence-corrected chi connectivity index (χ0v) is 34.7. The summed E-state index contributed by atoms with van der Waals surface area (Å²) in [5.74, 6) is 1.74. The molecular formula is C46H40O2P4Ti. The van der Waals surface area contributed by atoms with Crippen molar-refractivity contribution in [1.29, 1.82) is 0 Å². The Labute approximate surface area is 325 Å². The molecule has 260 valence electrons. The molecule has 0 radical (unpaired) electrons. The van der Waals surface area contributed by atoms with Crippen LogP contribution in [0.4, 0.5) is 0 Å². The Balaban J connectivity index is 1.32. The van der Waals surface area contributed by atoms with Gasteiger partial charge in [0, 0.05) is 0 Å². The molecule has 0 aromatic heterocycles. The van der Waals surface area contributed by atoms with Crippen LogP contribution in [-0.2, 0) is 17.4 Å². The van der Waals surface area contributed by atoms with Gasteiger partial charge in [0.05, 0.1) is 0 Å². The van der Waals surface area contributed by atoms with Gasteiger partial charge >= 0.3 is 327 Å². The molecular weight excluding hydrogens is 756 g/mol. The molecule has 0 spiro atoms. The van der Waals surface area contributed by atoms with Crippen molar-refractivity contribution in [2.45, 2.75) is 8.45 Å². The molecule has 0 heterocycles. The summed E-state index contributed by atoms with van der Waals surface area (Å²) >= 11 is -4.23. The van der Waals surface area contributed by atoms with Gasteiger partial charge in [-0.3, -0.25) is 0 Å². The Kier molecular flexibility index (Phi) is 12.1. The Morgan fingerprint density at radius 1 is 0.340 bits per heavy atom. The first-order valence-electron chi connectivity index (χ1n) is 17.8. The Bertz CT molecular complexity index is 2070. The van der Waals surface area contributed by atoms with Crippen molar-refractivity contribution in [3.05, 3.63) is 228 Å². The van der Waals surface area contributed by atoms with Gasteiger partial charge in [-0.2, -0.15) is 0 Å². The van der Waals surface area contributed by atoms with E-state index in [1.54, 1.807) is 0 Å². The number of benzene rings is 6. The van der Waals surface area contributed by atoms with Gasteiger partial charge in [0.15, 0.2) is 0 Å². The van der Waals surface area contributed by atoms with Crippen molar-refractivity contribution < 1.29 is 24.0 Å². The van der Waals surface area contributed by atoms with Crippen molar-refractivity contribution >= 4 is 55.5 Å². The molecule has 0 N–H and O–H groups in total. The van der Waals surface area contributed by atoms with E-state index in [2.05, 4.69) is 206 Å². The van der Waals surface area contributed by atoms with Crippen molar-refractivity contribution in [2.75, 3.05) is 0 Å². The van der Waals surface area contributed by atoms with Gasteiger partial charge in [-0.05, 0) is 0 Å². The summed E-state index contributed by atoms with van der Waals surface area (Å²) in [6.45, 7) is 0. The number of allylic oxidation sites excluding steroid dienone is 8. The first kappa shape index (κ1) is 36.3. The zero-order valence-electron chi connectivity index (χ0n) is 29.1. The predicted molar refractivity (Wildman–Crippen MR) is 232 cm³/mol. The first-order chi connectivity index (χ1) is 26.2. The molecule has 8 rings (SSSR count). The number of hydrogen-bond acceptors (Lipinski definition) is 2. The maximum absolute atomic E-state index is 7.72. The summed E-state index contributed by atoms with van der Waals surface area (Å²) in [6, 6.07) is 64.5. The van der Waals surface area contributed by atoms with E-state index < -0.39 is 17.4 Å². The molecule has 0 aliphatic heterocycles. The van der Waals surface area contributed by atoms with Gasteiger partial charge in [-0.25, -0.2) is 0 Å². The zero-order chi connectivity index (χ0) is 35.7. The fourth-order valence-corrected chi connectivity index (χ4v) is 20.5. The van der Waals surface area contributed by atoms with Crippen LogP contribution in [0, 0.1) is 0 Å². The summed E-state index contributed by atoms with van der Waals surface area (Å²) in [4.78, 5) is 0. The Morgan fingerprint density at radius 2 is 0.623 bits per heavy atom. The summed E-state index contributed by atoms with van der Waals surface area (Å²) in [6.07, 6.45) is 10.0. The summed E-state index contributed by atoms with van der Waals surface area (Å²) in [7, 11) is 2.09. The van der Waals surface area contributed by atoms with Gasteiger partial charge < -0.3 is 0 Å². The second kappa shape index (κ2) is 17.6. The molecule has 0 bridgehead atoms. The van der Waals surface area contributed by atoms with Crippen LogP contribution in [0.2, 0.25) is 8.45 Å². The van der Waals surface area contributed by atoms with Crippen molar-refractivity contribution in [3.8, 4) is 11.5 Å². The SMILES string of the molecule is C1=C(Pc2ccccc2)C=C(Pc2ccccc2)[CH]1[Ti]([O]c1ccccc1)([O]c1ccccc1)[CH]1C=C(Pc2ccccc2)C=C1Pc1ccccc1. The van der Waals surface area contributed by atoms with Gasteiger partial charge in [-0.1, -0.05) is 0 Å². The second-order valence-electron chi connectivity index (χ2n) is 12.9. The van der Waals surface area contributed by atoms with E-state index in [1.165, 1.54) is 42.5 Å². The standard InChI is InChI=1S/2C17H15P2.2C6H6O.Ti/c2*1-3-7-14(8-4-1)18-16-11-12-17(13-16)19-15-9-5-2-6-10-15;2*7-6-4-2-1-3-5-6;/h2*1-13,18-19H;2*1-5,7H;/q;;;;+2/p-2. The molecule has 2 nitrogen and oxygen atoms in total. The van der Waals surface area contributed by atoms with E-state index in [9.17, 15) is 0 Å². The monoisotopic (exact) mass is 796 g/mol. The van der Waals surface area contributed by atoms with Gasteiger partial charge in [0.25, 0.3) is 0 Å². The third-order valence-electron chi connectivity index (χ3n) is 9.14. The quantitative estimate of drug-likeness (QED) is 0.0807. The molecule has 2 aliphatic rings. The van der Waals surface area contributed by atoms with Gasteiger partial charge in [-0.15, -0.1) is 0 Å². The fourth-order valence-electron chi connectivity index (χ4n) is 6.76. The first-order valence-corrected chi connectivity index (χ1v) is 24.9. The molecule has 6 atom stereocenters. The fraction of sp³-hybridized carbons (Fsp3) is 0.0435. The topological polar surface area (TPSA) is 18.5 Å². The van der Waals surface area contributed by atoms with Crippen LogP contribution in [-0.4, -0.2) is 0 Å². The van der Waals surface area contributed by atoms with Crippen LogP contribution in [0.5, 0.6) is 11.5 Å². The molecule has 7 heteroatoms. The van der Waals surface area contributed by atoms with Crippen molar-refractivity contribution in [1.82, 2.24) is 0 Å². The average Bonchev–Trinajstić information content (AvgIpc) is 3.80. The number of para-hydroxylation sites is 2. The number of hydrogen-bond donors (Lipinski definition) is 0. The molecule has 0 saturated carbocycles. The minimum absolute atomic E-state index is 0.00444. The molecule has 6 aromatic rings. The summed E-state index contributed by atoms with van der Waals surface area (Å²) in [5.41, 5.74) is 0. The Hall–Kier alpha value is -3.69. The van der Waals surface area contributed by atoms with E-state index in [4.69, 9.17) is 6.64 Å². The van der Waals surface area contributed by atoms with Crippen LogP contribution in [0.25, 0.3) is 0 Å². The van der Waals surface area contributed by atoms with E-state index >= 15 is 0 Å². The van der Waals surface area contributed by atoms with Crippen molar-refractivity contribution in [3.63, 3.8) is 0 Å². The van der Waals surface area contributed by atoms with Crippen LogP contribution in [0.3, 0.4) is 0 Å². The van der Waals surface area contributed by atoms with E-state index in [0.29, 0.717) is 34.3 Å². The molecule has 53 heavy (non-hydrogen) atoms. The van der Waals surface area contributed by atoms with E-state index in [1.807, 2.05) is 0 Å². The molecule has 0 fully saturated rings. The third kappa shape index (κ3) is 9.17. The van der Waals surface area contributed by atoms with Crippen LogP contribution < -0.4 is 27.9 Å². The van der Waals surface area contributed by atoms with Gasteiger partial charge in [0.2, 0.25) is 0 Å². The molecule has 0 saturated heterocycles. The van der Waals surface area contributed by atoms with Crippen molar-refractivity contribution in [2.24, 2.45) is 0 Å². The normalized spacial score (nSPS) is 17.6. The van der Waals surface area contributed by atoms with Gasteiger partial charge in [0.1, 0.15) is 0 Å². The van der Waals surface area contributed by atoms with Crippen LogP contribution in [0.15, 0.2) is 228 Å². The van der Waals surface area contributed by atoms with E-state index in [-0.39, 0.29) is 8.45 Å². The minimum atomic E-state index is -4.23. The molecule has 2 aliphatic carbocycles. The third-order valence-corrected chi connectivity index (χ3v) is 21.2. The average molecular weight is 797 g/mol. The Morgan fingerprint density at radius 3 is 0.943 bits per heavy atom. The predicted octanol–water partition coefficient (Wildman–Crippen LogP) is 11.3. The molecule has 0 amide bonds. The summed E-state index contributed by atoms with van der Waals surface area (Å²) < 4.78 is 15.4. The number of rotatable bonds is 14. The second-order valence-corrected chi connectivity index (χ2v) is 23.4. The maximum atomic E-state index is 7.72. The van der Waals surface area contributed by atoms with Crippen LogP contribution in [0.1, 0.15) is 0 Å². The van der Waals surface area contributed by atoms with Crippen LogP contribution >= 0.6 is 34.3 Å².